The van der Waals surface area contributed by atoms with Crippen molar-refractivity contribution in [3.8, 4) is 0 Å². The summed E-state index contributed by atoms with van der Waals surface area (Å²) in [5.41, 5.74) is 2.32. The Labute approximate surface area is 145 Å². The number of aryl methyl sites for hydroxylation is 2. The molecule has 0 spiro atoms. The lowest BCUT2D eigenvalue weighted by Gasteiger charge is -2.36. The van der Waals surface area contributed by atoms with E-state index < -0.39 is 0 Å². The first-order valence-corrected chi connectivity index (χ1v) is 8.61. The fraction of sp³-hybridized carbons (Fsp3) is 0.500. The van der Waals surface area contributed by atoms with Gasteiger partial charge in [-0.2, -0.15) is 0 Å². The second-order valence-electron chi connectivity index (χ2n) is 6.93. The third-order valence-electron chi connectivity index (χ3n) is 5.39. The molecule has 5 rings (SSSR count). The van der Waals surface area contributed by atoms with Crippen molar-refractivity contribution in [2.75, 3.05) is 18.0 Å². The Balaban J connectivity index is 1.62. The summed E-state index contributed by atoms with van der Waals surface area (Å²) in [6, 6.07) is 1.75. The molecular formula is C18H21FN4O2. The minimum absolute atomic E-state index is 0.0625. The summed E-state index contributed by atoms with van der Waals surface area (Å²) in [5, 5.41) is 3.99. The molecule has 132 valence electrons. The zero-order valence-corrected chi connectivity index (χ0v) is 14.4. The van der Waals surface area contributed by atoms with Crippen LogP contribution in [0.5, 0.6) is 0 Å². The van der Waals surface area contributed by atoms with E-state index in [2.05, 4.69) is 10.1 Å². The van der Waals surface area contributed by atoms with E-state index in [1.54, 1.807) is 12.3 Å². The van der Waals surface area contributed by atoms with Crippen LogP contribution in [0.1, 0.15) is 29.9 Å². The fourth-order valence-electron chi connectivity index (χ4n) is 3.97. The maximum Gasteiger partial charge on any atom is 0.228 e. The zero-order chi connectivity index (χ0) is 17.6. The number of aromatic nitrogens is 2. The normalized spacial score (nSPS) is 23.2. The lowest BCUT2D eigenvalue weighted by atomic mass is 9.93. The number of carbonyl (C=O) groups excluding carboxylic acids is 1. The number of carbonyl (C=O) groups is 1. The van der Waals surface area contributed by atoms with E-state index >= 15 is 0 Å². The van der Waals surface area contributed by atoms with E-state index in [0.29, 0.717) is 25.3 Å². The van der Waals surface area contributed by atoms with Crippen LogP contribution in [0.15, 0.2) is 23.0 Å². The molecule has 2 atom stereocenters. The van der Waals surface area contributed by atoms with Crippen LogP contribution in [0.2, 0.25) is 0 Å². The number of anilines is 1. The summed E-state index contributed by atoms with van der Waals surface area (Å²) in [5.74, 6) is 0.455. The lowest BCUT2D eigenvalue weighted by Crippen LogP contribution is -2.47. The van der Waals surface area contributed by atoms with Crippen molar-refractivity contribution in [2.24, 2.45) is 5.92 Å². The molecule has 0 radical (unpaired) electrons. The van der Waals surface area contributed by atoms with Crippen LogP contribution in [-0.4, -0.2) is 40.1 Å². The number of hydrogen-bond donors (Lipinski definition) is 0. The lowest BCUT2D eigenvalue weighted by molar-refractivity contribution is -0.140. The molecule has 1 amide bonds. The largest absolute Gasteiger partial charge is 0.366 e. The first-order valence-electron chi connectivity index (χ1n) is 8.61. The number of hydrogen-bond acceptors (Lipinski definition) is 5. The van der Waals surface area contributed by atoms with E-state index in [0.717, 1.165) is 29.9 Å². The first kappa shape index (κ1) is 16.1. The van der Waals surface area contributed by atoms with Gasteiger partial charge < -0.3 is 14.3 Å². The van der Waals surface area contributed by atoms with E-state index in [1.165, 1.54) is 6.20 Å². The molecule has 2 bridgehead atoms. The molecule has 2 aromatic heterocycles. The van der Waals surface area contributed by atoms with E-state index in [4.69, 9.17) is 4.52 Å². The molecule has 3 saturated heterocycles. The SMILES string of the molecule is Cc1noc(C)c1CN1C(=O)[C@H]2CC[C@@H]1CN(c1ccncc1F)C2. The van der Waals surface area contributed by atoms with Crippen LogP contribution in [0.3, 0.4) is 0 Å². The summed E-state index contributed by atoms with van der Waals surface area (Å²) >= 11 is 0. The molecule has 2 aromatic rings. The second kappa shape index (κ2) is 6.13. The quantitative estimate of drug-likeness (QED) is 0.856. The van der Waals surface area contributed by atoms with Crippen molar-refractivity contribution in [1.82, 2.24) is 15.0 Å². The molecular weight excluding hydrogens is 323 g/mol. The van der Waals surface area contributed by atoms with Gasteiger partial charge in [0.2, 0.25) is 5.91 Å². The number of piperidine rings is 1. The zero-order valence-electron chi connectivity index (χ0n) is 14.4. The number of pyridine rings is 1. The van der Waals surface area contributed by atoms with Gasteiger partial charge in [-0.15, -0.1) is 0 Å². The molecule has 5 heterocycles. The monoisotopic (exact) mass is 344 g/mol. The van der Waals surface area contributed by atoms with Gasteiger partial charge >= 0.3 is 0 Å². The van der Waals surface area contributed by atoms with Crippen LogP contribution in [0, 0.1) is 25.6 Å². The van der Waals surface area contributed by atoms with Crippen molar-refractivity contribution in [1.29, 1.82) is 0 Å². The Bertz CT molecular complexity index is 787. The predicted octanol–water partition coefficient (Wildman–Crippen LogP) is 2.45. The van der Waals surface area contributed by atoms with Gasteiger partial charge in [-0.05, 0) is 32.8 Å². The van der Waals surface area contributed by atoms with Gasteiger partial charge in [-0.3, -0.25) is 9.78 Å². The topological polar surface area (TPSA) is 62.5 Å². The van der Waals surface area contributed by atoms with Gasteiger partial charge in [-0.25, -0.2) is 4.39 Å². The van der Waals surface area contributed by atoms with Crippen molar-refractivity contribution in [2.45, 2.75) is 39.3 Å². The summed E-state index contributed by atoms with van der Waals surface area (Å²) in [6.45, 7) is 5.45. The van der Waals surface area contributed by atoms with Crippen LogP contribution < -0.4 is 4.90 Å². The smallest absolute Gasteiger partial charge is 0.228 e. The standard InChI is InChI=1S/C18H21FN4O2/c1-11-15(12(2)25-21-11)10-23-14-4-3-13(18(23)24)8-22(9-14)17-5-6-20-7-16(17)19/h5-7,13-14H,3-4,8-10H2,1-2H3/t13-,14+/m0/s1. The van der Waals surface area contributed by atoms with E-state index in [1.807, 2.05) is 23.6 Å². The van der Waals surface area contributed by atoms with Gasteiger partial charge in [0.1, 0.15) is 5.76 Å². The molecule has 7 heteroatoms. The Morgan fingerprint density at radius 3 is 2.88 bits per heavy atom. The van der Waals surface area contributed by atoms with Crippen LogP contribution >= 0.6 is 0 Å². The predicted molar refractivity (Wildman–Crippen MR) is 89.4 cm³/mol. The number of fused-ring (bicyclic) bond motifs is 4. The average molecular weight is 344 g/mol. The first-order chi connectivity index (χ1) is 12.0. The molecule has 6 nitrogen and oxygen atoms in total. The van der Waals surface area contributed by atoms with Crippen LogP contribution in [-0.2, 0) is 11.3 Å². The summed E-state index contributed by atoms with van der Waals surface area (Å²) in [7, 11) is 0. The van der Waals surface area contributed by atoms with Crippen molar-refractivity contribution in [3.05, 3.63) is 41.3 Å². The minimum atomic E-state index is -0.339. The Hall–Kier alpha value is -2.44. The summed E-state index contributed by atoms with van der Waals surface area (Å²) < 4.78 is 19.4. The molecule has 3 aliphatic heterocycles. The third kappa shape index (κ3) is 2.77. The Morgan fingerprint density at radius 2 is 2.16 bits per heavy atom. The Morgan fingerprint density at radius 1 is 1.32 bits per heavy atom. The van der Waals surface area contributed by atoms with Crippen molar-refractivity contribution >= 4 is 11.6 Å². The minimum Gasteiger partial charge on any atom is -0.366 e. The highest BCUT2D eigenvalue weighted by Gasteiger charge is 2.41. The molecule has 0 unspecified atom stereocenters. The van der Waals surface area contributed by atoms with E-state index in [-0.39, 0.29) is 23.7 Å². The van der Waals surface area contributed by atoms with Gasteiger partial charge in [-0.1, -0.05) is 5.16 Å². The number of rotatable bonds is 3. The molecule has 0 aliphatic carbocycles. The maximum absolute atomic E-state index is 14.2. The second-order valence-corrected chi connectivity index (χ2v) is 6.93. The van der Waals surface area contributed by atoms with Crippen LogP contribution in [0.4, 0.5) is 10.1 Å². The number of amides is 1. The number of halogens is 1. The molecule has 3 aliphatic rings. The molecule has 0 aromatic carbocycles. The van der Waals surface area contributed by atoms with Crippen molar-refractivity contribution < 1.29 is 13.7 Å². The van der Waals surface area contributed by atoms with Crippen LogP contribution in [0.25, 0.3) is 0 Å². The molecule has 0 N–H and O–H groups in total. The molecule has 25 heavy (non-hydrogen) atoms. The molecule has 0 saturated carbocycles. The summed E-state index contributed by atoms with van der Waals surface area (Å²) in [4.78, 5) is 20.7. The Kier molecular flexibility index (Phi) is 3.94. The highest BCUT2D eigenvalue weighted by atomic mass is 19.1. The average Bonchev–Trinajstić information content (AvgIpc) is 2.78. The van der Waals surface area contributed by atoms with E-state index in [9.17, 15) is 9.18 Å². The van der Waals surface area contributed by atoms with Gasteiger partial charge in [0.15, 0.2) is 5.82 Å². The van der Waals surface area contributed by atoms with Gasteiger partial charge in [0.25, 0.3) is 0 Å². The van der Waals surface area contributed by atoms with Crippen molar-refractivity contribution in [3.63, 3.8) is 0 Å². The number of nitrogens with zero attached hydrogens (tertiary/aromatic N) is 4. The summed E-state index contributed by atoms with van der Waals surface area (Å²) in [6.07, 6.45) is 4.61. The van der Waals surface area contributed by atoms with Gasteiger partial charge in [0.05, 0.1) is 30.0 Å². The third-order valence-corrected chi connectivity index (χ3v) is 5.39. The fourth-order valence-corrected chi connectivity index (χ4v) is 3.97. The maximum atomic E-state index is 14.2. The van der Waals surface area contributed by atoms with Gasteiger partial charge in [0, 0.05) is 30.9 Å². The highest BCUT2D eigenvalue weighted by molar-refractivity contribution is 5.81. The highest BCUT2D eigenvalue weighted by Crippen LogP contribution is 2.34. The molecule has 3 fully saturated rings.